The summed E-state index contributed by atoms with van der Waals surface area (Å²) in [6.45, 7) is 19.3. The van der Waals surface area contributed by atoms with Crippen molar-refractivity contribution < 1.29 is 35.8 Å². The molecule has 0 saturated carbocycles. The maximum atomic E-state index is 13.3. The minimum atomic E-state index is -3.78. The lowest BCUT2D eigenvalue weighted by molar-refractivity contribution is 0.00888. The van der Waals surface area contributed by atoms with Crippen LogP contribution in [0.3, 0.4) is 0 Å². The van der Waals surface area contributed by atoms with Gasteiger partial charge in [-0.05, 0) is 96.1 Å². The number of hydrogen-bond donors (Lipinski definition) is 0. The number of hydrogen-bond acceptors (Lipinski definition) is 8. The molecule has 0 saturated heterocycles. The highest BCUT2D eigenvalue weighted by Crippen LogP contribution is 2.33. The van der Waals surface area contributed by atoms with E-state index in [1.54, 1.807) is 6.08 Å². The Hall–Kier alpha value is -2.79. The van der Waals surface area contributed by atoms with Gasteiger partial charge in [-0.15, -0.1) is 4.31 Å². The van der Waals surface area contributed by atoms with Crippen LogP contribution in [0.15, 0.2) is 66.1 Å². The summed E-state index contributed by atoms with van der Waals surface area (Å²) in [5, 5.41) is 1.22. The molecular formula is C39H59NO8S2Si2. The van der Waals surface area contributed by atoms with Crippen molar-refractivity contribution in [3.8, 4) is 22.6 Å². The summed E-state index contributed by atoms with van der Waals surface area (Å²) >= 11 is 0. The molecule has 0 fully saturated rings. The Labute approximate surface area is 315 Å². The fraction of sp³-hybridized carbons (Fsp3) is 0.487. The zero-order valence-corrected chi connectivity index (χ0v) is 36.2. The summed E-state index contributed by atoms with van der Waals surface area (Å²) in [6.07, 6.45) is 3.27. The Bertz CT molecular complexity index is 1790. The standard InChI is InChI=1S/C39H59NO8S2Si2/c1-32-26-38(47-19-11-22-49(3,41)42)27-33(2)39(32)36-12-10-13-37(28-36)48-29-35-16-14-34(15-17-35)18-23-50(43,44)40(30-45-20-24-51(4,5)6)31-46-21-25-52(7,8)9/h10,12-18,23,26-28H,11,19-22,24-25,29-31H2,1-9H3/b23-18+. The van der Waals surface area contributed by atoms with Crippen LogP contribution in [0.25, 0.3) is 17.2 Å². The molecule has 0 aliphatic rings. The van der Waals surface area contributed by atoms with Gasteiger partial charge in [0.05, 0.1) is 12.4 Å². The van der Waals surface area contributed by atoms with Gasteiger partial charge in [0.2, 0.25) is 10.0 Å². The van der Waals surface area contributed by atoms with Gasteiger partial charge >= 0.3 is 0 Å². The molecular weight excluding hydrogens is 731 g/mol. The number of ether oxygens (including phenoxy) is 4. The second-order valence-electron chi connectivity index (χ2n) is 15.8. The first-order valence-electron chi connectivity index (χ1n) is 17.8. The lowest BCUT2D eigenvalue weighted by atomic mass is 9.95. The molecule has 13 heteroatoms. The first-order valence-corrected chi connectivity index (χ1v) is 28.8. The summed E-state index contributed by atoms with van der Waals surface area (Å²) in [7, 11) is -9.41. The van der Waals surface area contributed by atoms with E-state index in [9.17, 15) is 16.8 Å². The molecule has 0 N–H and O–H groups in total. The van der Waals surface area contributed by atoms with Crippen LogP contribution in [-0.4, -0.2) is 82.6 Å². The van der Waals surface area contributed by atoms with Crippen LogP contribution < -0.4 is 9.47 Å². The SMILES string of the molecule is Cc1cc(OCCCS(C)(=O)=O)cc(C)c1-c1cccc(OCc2ccc(/C=C/S(=O)(=O)N(COCC[Si](C)(C)C)COCC[Si](C)(C)C)cc2)c1. The van der Waals surface area contributed by atoms with E-state index in [1.807, 2.05) is 74.5 Å². The molecule has 0 radical (unpaired) electrons. The van der Waals surface area contributed by atoms with E-state index in [4.69, 9.17) is 18.9 Å². The predicted octanol–water partition coefficient (Wildman–Crippen LogP) is 8.59. The smallest absolute Gasteiger partial charge is 0.240 e. The maximum Gasteiger partial charge on any atom is 0.240 e. The van der Waals surface area contributed by atoms with Crippen molar-refractivity contribution in [2.24, 2.45) is 0 Å². The quantitative estimate of drug-likeness (QED) is 0.0566. The van der Waals surface area contributed by atoms with Gasteiger partial charge in [-0.1, -0.05) is 75.7 Å². The van der Waals surface area contributed by atoms with Gasteiger partial charge in [0, 0.05) is 41.0 Å². The van der Waals surface area contributed by atoms with E-state index in [1.165, 1.54) is 16.0 Å². The Kier molecular flexibility index (Phi) is 16.4. The number of nitrogens with zero attached hydrogens (tertiary/aromatic N) is 1. The molecule has 3 rings (SSSR count). The van der Waals surface area contributed by atoms with E-state index in [-0.39, 0.29) is 19.2 Å². The minimum absolute atomic E-state index is 0.0462. The number of sulfonamides is 1. The molecule has 0 aromatic heterocycles. The average molecular weight is 790 g/mol. The highest BCUT2D eigenvalue weighted by Gasteiger charge is 2.22. The highest BCUT2D eigenvalue weighted by molar-refractivity contribution is 7.92. The van der Waals surface area contributed by atoms with Crippen molar-refractivity contribution in [3.05, 3.63) is 88.3 Å². The normalized spacial score (nSPS) is 12.9. The number of benzene rings is 3. The molecule has 0 amide bonds. The minimum Gasteiger partial charge on any atom is -0.494 e. The van der Waals surface area contributed by atoms with Crippen molar-refractivity contribution in [2.45, 2.75) is 78.2 Å². The molecule has 0 aliphatic heterocycles. The molecule has 3 aromatic rings. The van der Waals surface area contributed by atoms with Gasteiger partial charge < -0.3 is 18.9 Å². The van der Waals surface area contributed by atoms with Gasteiger partial charge in [0.1, 0.15) is 41.4 Å². The number of aryl methyl sites for hydroxylation is 2. The fourth-order valence-electron chi connectivity index (χ4n) is 5.13. The second kappa shape index (κ2) is 19.5. The van der Waals surface area contributed by atoms with Crippen molar-refractivity contribution in [1.29, 1.82) is 0 Å². The molecule has 0 unspecified atom stereocenters. The largest absolute Gasteiger partial charge is 0.494 e. The molecule has 9 nitrogen and oxygen atoms in total. The van der Waals surface area contributed by atoms with Gasteiger partial charge in [0.15, 0.2) is 0 Å². The van der Waals surface area contributed by atoms with E-state index in [2.05, 4.69) is 39.3 Å². The summed E-state index contributed by atoms with van der Waals surface area (Å²) in [5.41, 5.74) is 5.91. The third kappa shape index (κ3) is 16.5. The van der Waals surface area contributed by atoms with E-state index in [0.29, 0.717) is 32.8 Å². The van der Waals surface area contributed by atoms with Crippen LogP contribution in [0.1, 0.15) is 28.7 Å². The Morgan fingerprint density at radius 2 is 1.29 bits per heavy atom. The molecule has 0 aliphatic carbocycles. The predicted molar refractivity (Wildman–Crippen MR) is 220 cm³/mol. The summed E-state index contributed by atoms with van der Waals surface area (Å²) < 4.78 is 74.3. The molecule has 0 heterocycles. The summed E-state index contributed by atoms with van der Waals surface area (Å²) in [4.78, 5) is 0. The second-order valence-corrected chi connectivity index (χ2v) is 31.1. The lowest BCUT2D eigenvalue weighted by Crippen LogP contribution is -2.35. The third-order valence-electron chi connectivity index (χ3n) is 8.20. The number of rotatable bonds is 22. The van der Waals surface area contributed by atoms with Gasteiger partial charge in [0.25, 0.3) is 0 Å². The summed E-state index contributed by atoms with van der Waals surface area (Å²) in [5.74, 6) is 1.55. The average Bonchev–Trinajstić information content (AvgIpc) is 3.03. The fourth-order valence-corrected chi connectivity index (χ4v) is 8.23. The van der Waals surface area contributed by atoms with Crippen LogP contribution in [-0.2, 0) is 35.9 Å². The van der Waals surface area contributed by atoms with E-state index < -0.39 is 36.0 Å². The first kappa shape index (κ1) is 43.6. The summed E-state index contributed by atoms with van der Waals surface area (Å²) in [6, 6.07) is 21.4. The molecule has 0 spiro atoms. The lowest BCUT2D eigenvalue weighted by Gasteiger charge is -2.23. The molecule has 0 bridgehead atoms. The Morgan fingerprint density at radius 1 is 0.712 bits per heavy atom. The Balaban J connectivity index is 1.61. The van der Waals surface area contributed by atoms with Gasteiger partial charge in [-0.2, -0.15) is 0 Å². The maximum absolute atomic E-state index is 13.3. The number of sulfone groups is 1. The van der Waals surface area contributed by atoms with Crippen molar-refractivity contribution in [3.63, 3.8) is 0 Å². The molecule has 0 atom stereocenters. The van der Waals surface area contributed by atoms with E-state index >= 15 is 0 Å². The molecule has 3 aromatic carbocycles. The Morgan fingerprint density at radius 3 is 1.83 bits per heavy atom. The third-order valence-corrected chi connectivity index (χ3v) is 14.0. The van der Waals surface area contributed by atoms with Crippen molar-refractivity contribution in [1.82, 2.24) is 4.31 Å². The topological polar surface area (TPSA) is 108 Å². The van der Waals surface area contributed by atoms with Gasteiger partial charge in [-0.25, -0.2) is 16.8 Å². The highest BCUT2D eigenvalue weighted by atomic mass is 32.2. The van der Waals surface area contributed by atoms with Crippen LogP contribution in [0.4, 0.5) is 0 Å². The van der Waals surface area contributed by atoms with Crippen molar-refractivity contribution >= 4 is 42.1 Å². The van der Waals surface area contributed by atoms with Crippen molar-refractivity contribution in [2.75, 3.05) is 45.3 Å². The monoisotopic (exact) mass is 789 g/mol. The van der Waals surface area contributed by atoms with Crippen LogP contribution >= 0.6 is 0 Å². The van der Waals surface area contributed by atoms with Crippen LogP contribution in [0, 0.1) is 13.8 Å². The van der Waals surface area contributed by atoms with Crippen LogP contribution in [0.2, 0.25) is 51.4 Å². The van der Waals surface area contributed by atoms with Gasteiger partial charge in [-0.3, -0.25) is 0 Å². The van der Waals surface area contributed by atoms with E-state index in [0.717, 1.165) is 57.0 Å². The molecule has 288 valence electrons. The zero-order valence-electron chi connectivity index (χ0n) is 32.5. The van der Waals surface area contributed by atoms with Crippen LogP contribution in [0.5, 0.6) is 11.5 Å². The zero-order chi connectivity index (χ0) is 38.6. The first-order chi connectivity index (χ1) is 24.2. The molecule has 52 heavy (non-hydrogen) atoms.